The summed E-state index contributed by atoms with van der Waals surface area (Å²) in [5.41, 5.74) is 1.12. The Morgan fingerprint density at radius 2 is 1.56 bits per heavy atom. The van der Waals surface area contributed by atoms with Gasteiger partial charge in [0.2, 0.25) is 5.95 Å². The maximum absolute atomic E-state index is 13.5. The second-order valence-electron chi connectivity index (χ2n) is 10.0. The third kappa shape index (κ3) is 6.89. The van der Waals surface area contributed by atoms with Crippen LogP contribution in [0.2, 0.25) is 0 Å². The molecule has 1 saturated heterocycles. The molecule has 0 bridgehead atoms. The summed E-state index contributed by atoms with van der Waals surface area (Å²) in [5, 5.41) is 0. The van der Waals surface area contributed by atoms with Gasteiger partial charge in [0.1, 0.15) is 33.2 Å². The molecular weight excluding hydrogens is 457 g/mol. The Kier molecular flexibility index (Phi) is 7.82. The molecule has 34 heavy (non-hydrogen) atoms. The van der Waals surface area contributed by atoms with Crippen LogP contribution < -0.4 is 4.90 Å². The van der Waals surface area contributed by atoms with Gasteiger partial charge >= 0.3 is 6.09 Å². The van der Waals surface area contributed by atoms with E-state index in [9.17, 15) is 13.7 Å². The highest BCUT2D eigenvalue weighted by Crippen LogP contribution is 2.22. The lowest BCUT2D eigenvalue weighted by Gasteiger charge is -2.35. The fourth-order valence-electron chi connectivity index (χ4n) is 3.12. The molecule has 2 aromatic rings. The first-order chi connectivity index (χ1) is 15.8. The van der Waals surface area contributed by atoms with Crippen LogP contribution in [-0.2, 0) is 16.1 Å². The van der Waals surface area contributed by atoms with Gasteiger partial charge in [-0.15, -0.1) is 0 Å². The Labute approximate surface area is 203 Å². The summed E-state index contributed by atoms with van der Waals surface area (Å²) >= 11 is -1.52. The molecule has 3 rings (SSSR count). The SMILES string of the molecule is CC(C)(C)OC(=O)N1CCN(c2ncc(/C(=N\[S+]([O-])C(C)(C)C)c3ccc(F)cc3)cn2)CC1. The third-order valence-electron chi connectivity index (χ3n) is 4.94. The Balaban J connectivity index is 1.76. The van der Waals surface area contributed by atoms with Crippen LogP contribution >= 0.6 is 0 Å². The number of rotatable bonds is 4. The van der Waals surface area contributed by atoms with Gasteiger partial charge in [0.05, 0.1) is 0 Å². The van der Waals surface area contributed by atoms with E-state index in [4.69, 9.17) is 4.74 Å². The zero-order valence-corrected chi connectivity index (χ0v) is 21.4. The van der Waals surface area contributed by atoms with E-state index in [1.54, 1.807) is 29.4 Å². The van der Waals surface area contributed by atoms with Crippen LogP contribution in [0.5, 0.6) is 0 Å². The molecular formula is C24H32FN5O3S. The van der Waals surface area contributed by atoms with Gasteiger partial charge in [-0.3, -0.25) is 0 Å². The molecule has 1 aliphatic rings. The summed E-state index contributed by atoms with van der Waals surface area (Å²) in [4.78, 5) is 24.9. The smallest absolute Gasteiger partial charge is 0.410 e. The zero-order chi connectivity index (χ0) is 25.1. The quantitative estimate of drug-likeness (QED) is 0.476. The number of piperazine rings is 1. The van der Waals surface area contributed by atoms with Crippen LogP contribution in [0.1, 0.15) is 52.7 Å². The predicted molar refractivity (Wildman–Crippen MR) is 132 cm³/mol. The Morgan fingerprint density at radius 1 is 1.00 bits per heavy atom. The van der Waals surface area contributed by atoms with Crippen LogP contribution in [0.3, 0.4) is 0 Å². The Morgan fingerprint density at radius 3 is 2.06 bits per heavy atom. The molecule has 1 aromatic heterocycles. The Bertz CT molecular complexity index is 1010. The molecule has 1 atom stereocenters. The predicted octanol–water partition coefficient (Wildman–Crippen LogP) is 3.97. The molecule has 1 aromatic carbocycles. The summed E-state index contributed by atoms with van der Waals surface area (Å²) in [6.07, 6.45) is 2.94. The lowest BCUT2D eigenvalue weighted by Crippen LogP contribution is -2.50. The van der Waals surface area contributed by atoms with E-state index in [1.807, 2.05) is 46.4 Å². The average molecular weight is 490 g/mol. The maximum Gasteiger partial charge on any atom is 0.410 e. The molecule has 1 aliphatic heterocycles. The van der Waals surface area contributed by atoms with Gasteiger partial charge in [-0.05, 0) is 65.8 Å². The van der Waals surface area contributed by atoms with Gasteiger partial charge in [-0.25, -0.2) is 19.2 Å². The van der Waals surface area contributed by atoms with Crippen LogP contribution in [0.4, 0.5) is 15.1 Å². The minimum atomic E-state index is -1.52. The number of benzene rings is 1. The van der Waals surface area contributed by atoms with E-state index in [1.165, 1.54) is 12.1 Å². The standard InChI is InChI=1S/C24H32FN5O3S/c1-23(2,3)33-22(31)30-13-11-29(12-14-30)21-26-15-18(16-27-21)20(28-34(32)24(4,5)6)17-7-9-19(25)10-8-17/h7-10,15-16H,11-14H2,1-6H3/b28-20-. The van der Waals surface area contributed by atoms with Crippen molar-refractivity contribution in [1.29, 1.82) is 0 Å². The van der Waals surface area contributed by atoms with Gasteiger partial charge in [0.15, 0.2) is 0 Å². The number of anilines is 1. The first-order valence-corrected chi connectivity index (χ1v) is 12.3. The number of carbonyl (C=O) groups excluding carboxylic acids is 1. The van der Waals surface area contributed by atoms with Crippen molar-refractivity contribution in [1.82, 2.24) is 14.9 Å². The van der Waals surface area contributed by atoms with Crippen molar-refractivity contribution in [3.63, 3.8) is 0 Å². The van der Waals surface area contributed by atoms with Gasteiger partial charge in [-0.1, -0.05) is 4.40 Å². The van der Waals surface area contributed by atoms with E-state index in [0.717, 1.165) is 0 Å². The monoisotopic (exact) mass is 489 g/mol. The maximum atomic E-state index is 13.5. The average Bonchev–Trinajstić information content (AvgIpc) is 2.76. The number of halogens is 1. The van der Waals surface area contributed by atoms with Gasteiger partial charge < -0.3 is 19.1 Å². The molecule has 8 nitrogen and oxygen atoms in total. The zero-order valence-electron chi connectivity index (χ0n) is 20.5. The van der Waals surface area contributed by atoms with E-state index in [2.05, 4.69) is 14.4 Å². The van der Waals surface area contributed by atoms with E-state index < -0.39 is 21.7 Å². The molecule has 0 N–H and O–H groups in total. The highest BCUT2D eigenvalue weighted by Gasteiger charge is 2.29. The largest absolute Gasteiger partial charge is 0.591 e. The fourth-order valence-corrected chi connectivity index (χ4v) is 3.77. The molecule has 0 aliphatic carbocycles. The summed E-state index contributed by atoms with van der Waals surface area (Å²) in [5.74, 6) is 0.167. The fraction of sp³-hybridized carbons (Fsp3) is 0.500. The minimum Gasteiger partial charge on any atom is -0.591 e. The lowest BCUT2D eigenvalue weighted by atomic mass is 10.1. The molecule has 2 heterocycles. The second kappa shape index (κ2) is 10.3. The number of hydrogen-bond acceptors (Lipinski definition) is 7. The summed E-state index contributed by atoms with van der Waals surface area (Å²) in [6.45, 7) is 13.2. The molecule has 0 saturated carbocycles. The summed E-state index contributed by atoms with van der Waals surface area (Å²) < 4.78 is 35.5. The number of ether oxygens (including phenoxy) is 1. The topological polar surface area (TPSA) is 94.0 Å². The molecule has 1 unspecified atom stereocenters. The van der Waals surface area contributed by atoms with Gasteiger partial charge in [-0.2, -0.15) is 0 Å². The molecule has 10 heteroatoms. The number of aromatic nitrogens is 2. The van der Waals surface area contributed by atoms with Crippen LogP contribution in [0.15, 0.2) is 41.1 Å². The van der Waals surface area contributed by atoms with Crippen molar-refractivity contribution in [2.24, 2.45) is 4.40 Å². The molecule has 1 fully saturated rings. The van der Waals surface area contributed by atoms with Crippen LogP contribution in [0, 0.1) is 5.82 Å². The van der Waals surface area contributed by atoms with Crippen LogP contribution in [-0.4, -0.2) is 67.8 Å². The highest BCUT2D eigenvalue weighted by atomic mass is 32.2. The van der Waals surface area contributed by atoms with Crippen molar-refractivity contribution in [3.05, 3.63) is 53.6 Å². The highest BCUT2D eigenvalue weighted by molar-refractivity contribution is 7.91. The first kappa shape index (κ1) is 25.9. The van der Waals surface area contributed by atoms with Crippen LogP contribution in [0.25, 0.3) is 0 Å². The molecule has 184 valence electrons. The van der Waals surface area contributed by atoms with Crippen molar-refractivity contribution in [3.8, 4) is 0 Å². The van der Waals surface area contributed by atoms with Crippen molar-refractivity contribution in [2.75, 3.05) is 31.1 Å². The first-order valence-electron chi connectivity index (χ1n) is 11.2. The number of nitrogens with zero attached hydrogens (tertiary/aromatic N) is 5. The number of amides is 1. The van der Waals surface area contributed by atoms with Crippen molar-refractivity contribution >= 4 is 29.1 Å². The second-order valence-corrected chi connectivity index (χ2v) is 11.9. The summed E-state index contributed by atoms with van der Waals surface area (Å²) in [6, 6.07) is 5.87. The van der Waals surface area contributed by atoms with E-state index in [-0.39, 0.29) is 11.9 Å². The molecule has 0 radical (unpaired) electrons. The Hall–Kier alpha value is -2.72. The van der Waals surface area contributed by atoms with Gasteiger partial charge in [0.25, 0.3) is 0 Å². The number of carbonyl (C=O) groups is 1. The van der Waals surface area contributed by atoms with E-state index >= 15 is 0 Å². The molecule has 1 amide bonds. The summed E-state index contributed by atoms with van der Waals surface area (Å²) in [7, 11) is 0. The van der Waals surface area contributed by atoms with E-state index in [0.29, 0.717) is 49.0 Å². The molecule has 0 spiro atoms. The third-order valence-corrected chi connectivity index (χ3v) is 6.34. The number of hydrogen-bond donors (Lipinski definition) is 0. The van der Waals surface area contributed by atoms with Gasteiger partial charge in [0, 0.05) is 49.7 Å². The van der Waals surface area contributed by atoms with Crippen molar-refractivity contribution < 1.29 is 18.5 Å². The minimum absolute atomic E-state index is 0.324. The lowest BCUT2D eigenvalue weighted by molar-refractivity contribution is 0.0240. The normalized spacial score (nSPS) is 16.4. The van der Waals surface area contributed by atoms with Crippen molar-refractivity contribution in [2.45, 2.75) is 51.9 Å².